The van der Waals surface area contributed by atoms with Crippen molar-refractivity contribution in [1.29, 1.82) is 0 Å². The second-order valence-corrected chi connectivity index (χ2v) is 8.45. The Hall–Kier alpha value is -3.19. The second kappa shape index (κ2) is 10.9. The molecule has 0 radical (unpaired) electrons. The van der Waals surface area contributed by atoms with E-state index in [1.807, 2.05) is 0 Å². The van der Waals surface area contributed by atoms with E-state index in [2.05, 4.69) is 20.5 Å². The third-order valence-electron chi connectivity index (χ3n) is 4.42. The molecule has 0 atom stereocenters. The summed E-state index contributed by atoms with van der Waals surface area (Å²) >= 11 is 0. The monoisotopic (exact) mass is 461 g/mol. The Morgan fingerprint density at radius 2 is 1.62 bits per heavy atom. The van der Waals surface area contributed by atoms with E-state index >= 15 is 0 Å². The average Bonchev–Trinajstić information content (AvgIpc) is 3.28. The summed E-state index contributed by atoms with van der Waals surface area (Å²) in [5, 5.41) is 10.2. The molecule has 2 heterocycles. The number of aromatic nitrogens is 3. The van der Waals surface area contributed by atoms with E-state index in [1.165, 1.54) is 42.8 Å². The number of carbonyl (C=O) groups is 1. The van der Waals surface area contributed by atoms with E-state index in [9.17, 15) is 13.2 Å². The molecule has 0 spiro atoms. The Kier molecular flexibility index (Phi) is 8.00. The highest BCUT2D eigenvalue weighted by Crippen LogP contribution is 2.20. The number of carbonyl (C=O) groups excluding carboxylic acids is 1. The number of ether oxygens (including phenoxy) is 2. The molecule has 1 aromatic carbocycles. The van der Waals surface area contributed by atoms with E-state index in [0.717, 1.165) is 0 Å². The Labute approximate surface area is 185 Å². The predicted octanol–water partition coefficient (Wildman–Crippen LogP) is 1.67. The number of nitrogens with one attached hydrogen (secondary N) is 1. The number of anilines is 1. The number of amides is 1. The van der Waals surface area contributed by atoms with Gasteiger partial charge in [0.15, 0.2) is 0 Å². The number of benzene rings is 1. The van der Waals surface area contributed by atoms with Crippen molar-refractivity contribution in [3.05, 3.63) is 54.4 Å². The maximum Gasteiger partial charge on any atom is 0.322 e. The molecule has 11 nitrogen and oxygen atoms in total. The van der Waals surface area contributed by atoms with E-state index in [0.29, 0.717) is 5.56 Å². The van der Waals surface area contributed by atoms with Gasteiger partial charge in [0.25, 0.3) is 5.91 Å². The summed E-state index contributed by atoms with van der Waals surface area (Å²) in [6, 6.07) is 8.87. The van der Waals surface area contributed by atoms with Crippen LogP contribution in [0, 0.1) is 0 Å². The molecule has 32 heavy (non-hydrogen) atoms. The third kappa shape index (κ3) is 5.73. The molecule has 0 unspecified atom stereocenters. The molecule has 0 saturated carbocycles. The van der Waals surface area contributed by atoms with Crippen LogP contribution in [-0.2, 0) is 19.5 Å². The van der Waals surface area contributed by atoms with Crippen LogP contribution in [0.4, 0.5) is 6.01 Å². The van der Waals surface area contributed by atoms with Gasteiger partial charge in [-0.2, -0.15) is 4.31 Å². The molecule has 0 aliphatic rings. The lowest BCUT2D eigenvalue weighted by molar-refractivity contribution is 0.102. The molecule has 170 valence electrons. The first-order valence-electron chi connectivity index (χ1n) is 9.59. The van der Waals surface area contributed by atoms with Crippen LogP contribution in [-0.4, -0.2) is 74.3 Å². The Balaban J connectivity index is 1.70. The minimum Gasteiger partial charge on any atom is -0.403 e. The highest BCUT2D eigenvalue weighted by atomic mass is 32.2. The van der Waals surface area contributed by atoms with Gasteiger partial charge in [-0.1, -0.05) is 5.10 Å². The first-order valence-corrected chi connectivity index (χ1v) is 11.0. The fraction of sp³-hybridized carbons (Fsp3) is 0.300. The van der Waals surface area contributed by atoms with Crippen LogP contribution in [0.15, 0.2) is 58.1 Å². The molecule has 3 rings (SSSR count). The summed E-state index contributed by atoms with van der Waals surface area (Å²) in [5.74, 6) is -0.286. The van der Waals surface area contributed by atoms with Gasteiger partial charge in [-0.05, 0) is 36.4 Å². The minimum atomic E-state index is -3.78. The average molecular weight is 462 g/mol. The van der Waals surface area contributed by atoms with Crippen molar-refractivity contribution < 1.29 is 27.1 Å². The molecule has 0 fully saturated rings. The van der Waals surface area contributed by atoms with E-state index < -0.39 is 15.9 Å². The first-order chi connectivity index (χ1) is 15.5. The number of nitrogens with zero attached hydrogens (tertiary/aromatic N) is 4. The van der Waals surface area contributed by atoms with Crippen LogP contribution in [0.2, 0.25) is 0 Å². The zero-order chi connectivity index (χ0) is 23.0. The molecular formula is C20H23N5O6S. The Bertz CT molecular complexity index is 1110. The molecule has 1 amide bonds. The molecule has 0 bridgehead atoms. The highest BCUT2D eigenvalue weighted by molar-refractivity contribution is 7.89. The largest absolute Gasteiger partial charge is 0.403 e. The standard InChI is InChI=1S/C20H23N5O6S/c1-29-13-11-25(12-14-30-2)32(27,28)17-5-3-15(4-6-17)18(26)22-20-24-23-19(31-20)16-7-9-21-10-8-16/h3-10H,11-14H2,1-2H3,(H,22,24,26). The summed E-state index contributed by atoms with van der Waals surface area (Å²) in [4.78, 5) is 16.5. The molecule has 2 aromatic heterocycles. The number of pyridine rings is 1. The van der Waals surface area contributed by atoms with Crippen LogP contribution < -0.4 is 5.32 Å². The van der Waals surface area contributed by atoms with Crippen LogP contribution in [0.3, 0.4) is 0 Å². The van der Waals surface area contributed by atoms with Crippen molar-refractivity contribution in [3.63, 3.8) is 0 Å². The number of hydrogen-bond donors (Lipinski definition) is 1. The van der Waals surface area contributed by atoms with Gasteiger partial charge < -0.3 is 13.9 Å². The van der Waals surface area contributed by atoms with Crippen LogP contribution in [0.5, 0.6) is 0 Å². The Morgan fingerprint density at radius 1 is 1.00 bits per heavy atom. The zero-order valence-electron chi connectivity index (χ0n) is 17.6. The topological polar surface area (TPSA) is 137 Å². The van der Waals surface area contributed by atoms with Crippen molar-refractivity contribution in [3.8, 4) is 11.5 Å². The third-order valence-corrected chi connectivity index (χ3v) is 6.33. The number of rotatable bonds is 11. The number of sulfonamides is 1. The van der Waals surface area contributed by atoms with E-state index in [-0.39, 0.29) is 48.7 Å². The smallest absolute Gasteiger partial charge is 0.322 e. The minimum absolute atomic E-state index is 0.0546. The highest BCUT2D eigenvalue weighted by Gasteiger charge is 2.24. The van der Waals surface area contributed by atoms with Crippen LogP contribution in [0.1, 0.15) is 10.4 Å². The molecule has 12 heteroatoms. The summed E-state index contributed by atoms with van der Waals surface area (Å²) in [6.45, 7) is 0.854. The van der Waals surface area contributed by atoms with Gasteiger partial charge in [0.1, 0.15) is 0 Å². The SMILES string of the molecule is COCCN(CCOC)S(=O)(=O)c1ccc(C(=O)Nc2nnc(-c3ccncc3)o2)cc1. The van der Waals surface area contributed by atoms with Gasteiger partial charge in [-0.3, -0.25) is 15.1 Å². The summed E-state index contributed by atoms with van der Waals surface area (Å²) in [5.41, 5.74) is 0.891. The van der Waals surface area contributed by atoms with Gasteiger partial charge in [0.05, 0.1) is 18.1 Å². The molecule has 0 saturated heterocycles. The lowest BCUT2D eigenvalue weighted by atomic mass is 10.2. The normalized spacial score (nSPS) is 11.6. The fourth-order valence-corrected chi connectivity index (χ4v) is 4.13. The van der Waals surface area contributed by atoms with Gasteiger partial charge in [0, 0.05) is 50.8 Å². The first kappa shape index (κ1) is 23.5. The van der Waals surface area contributed by atoms with Crippen molar-refractivity contribution >= 4 is 21.9 Å². The van der Waals surface area contributed by atoms with Crippen LogP contribution >= 0.6 is 0 Å². The van der Waals surface area contributed by atoms with Gasteiger partial charge in [-0.25, -0.2) is 8.42 Å². The lowest BCUT2D eigenvalue weighted by Gasteiger charge is -2.21. The van der Waals surface area contributed by atoms with Gasteiger partial charge in [-0.15, -0.1) is 5.10 Å². The van der Waals surface area contributed by atoms with Crippen molar-refractivity contribution in [2.75, 3.05) is 45.8 Å². The molecule has 3 aromatic rings. The molecule has 0 aliphatic heterocycles. The lowest BCUT2D eigenvalue weighted by Crippen LogP contribution is -2.36. The summed E-state index contributed by atoms with van der Waals surface area (Å²) in [6.07, 6.45) is 3.16. The van der Waals surface area contributed by atoms with Crippen molar-refractivity contribution in [2.24, 2.45) is 0 Å². The van der Waals surface area contributed by atoms with Gasteiger partial charge in [0.2, 0.25) is 15.9 Å². The Morgan fingerprint density at radius 3 is 2.22 bits per heavy atom. The van der Waals surface area contributed by atoms with Crippen molar-refractivity contribution in [2.45, 2.75) is 4.90 Å². The maximum atomic E-state index is 12.9. The van der Waals surface area contributed by atoms with Gasteiger partial charge >= 0.3 is 6.01 Å². The maximum absolute atomic E-state index is 12.9. The summed E-state index contributed by atoms with van der Waals surface area (Å²) < 4.78 is 42.6. The quantitative estimate of drug-likeness (QED) is 0.452. The predicted molar refractivity (Wildman–Crippen MR) is 114 cm³/mol. The summed E-state index contributed by atoms with van der Waals surface area (Å²) in [7, 11) is -0.783. The molecule has 0 aliphatic carbocycles. The van der Waals surface area contributed by atoms with Crippen molar-refractivity contribution in [1.82, 2.24) is 19.5 Å². The number of hydrogen-bond acceptors (Lipinski definition) is 9. The second-order valence-electron chi connectivity index (χ2n) is 6.52. The van der Waals surface area contributed by atoms with Crippen LogP contribution in [0.25, 0.3) is 11.5 Å². The zero-order valence-corrected chi connectivity index (χ0v) is 18.4. The molecular weight excluding hydrogens is 438 g/mol. The molecule has 1 N–H and O–H groups in total. The van der Waals surface area contributed by atoms with E-state index in [4.69, 9.17) is 13.9 Å². The van der Waals surface area contributed by atoms with E-state index in [1.54, 1.807) is 24.5 Å². The fourth-order valence-electron chi connectivity index (χ4n) is 2.72. The number of methoxy groups -OCH3 is 2.